The van der Waals surface area contributed by atoms with Gasteiger partial charge in [0.2, 0.25) is 0 Å². The first-order valence-electron chi connectivity index (χ1n) is 7.76. The average molecular weight is 317 g/mol. The summed E-state index contributed by atoms with van der Waals surface area (Å²) in [5, 5.41) is 4.22. The number of nitrogens with one attached hydrogen (secondary N) is 1. The van der Waals surface area contributed by atoms with Gasteiger partial charge in [0.15, 0.2) is 10.8 Å². The Morgan fingerprint density at radius 1 is 1.36 bits per heavy atom. The number of furan rings is 1. The van der Waals surface area contributed by atoms with Crippen molar-refractivity contribution < 1.29 is 9.21 Å². The van der Waals surface area contributed by atoms with Gasteiger partial charge in [0.25, 0.3) is 5.91 Å². The van der Waals surface area contributed by atoms with Crippen LogP contribution in [0.25, 0.3) is 10.8 Å². The summed E-state index contributed by atoms with van der Waals surface area (Å²) in [6.07, 6.45) is 6.76. The lowest BCUT2D eigenvalue weighted by atomic mass is 9.78. The monoisotopic (exact) mass is 317 g/mol. The summed E-state index contributed by atoms with van der Waals surface area (Å²) in [6, 6.07) is 3.70. The minimum atomic E-state index is 0.108. The Bertz CT molecular complexity index is 649. The summed E-state index contributed by atoms with van der Waals surface area (Å²) in [7, 11) is 0. The van der Waals surface area contributed by atoms with E-state index in [-0.39, 0.29) is 5.91 Å². The van der Waals surface area contributed by atoms with Crippen molar-refractivity contribution in [1.82, 2.24) is 15.2 Å². The quantitative estimate of drug-likeness (QED) is 0.925. The summed E-state index contributed by atoms with van der Waals surface area (Å²) in [6.45, 7) is 3.94. The Balaban J connectivity index is 1.44. The molecule has 116 valence electrons. The molecule has 2 saturated heterocycles. The summed E-state index contributed by atoms with van der Waals surface area (Å²) >= 11 is 1.41. The topological polar surface area (TPSA) is 58.4 Å². The third-order valence-corrected chi connectivity index (χ3v) is 5.89. The molecule has 1 N–H and O–H groups in total. The van der Waals surface area contributed by atoms with E-state index in [9.17, 15) is 4.79 Å². The van der Waals surface area contributed by atoms with Crippen LogP contribution in [0.3, 0.4) is 0 Å². The van der Waals surface area contributed by atoms with E-state index in [1.165, 1.54) is 17.8 Å². The first-order valence-corrected chi connectivity index (χ1v) is 8.57. The largest absolute Gasteiger partial charge is 0.462 e. The first-order chi connectivity index (χ1) is 10.8. The molecular weight excluding hydrogens is 298 g/mol. The van der Waals surface area contributed by atoms with E-state index >= 15 is 0 Å². The molecule has 0 saturated carbocycles. The second-order valence-electron chi connectivity index (χ2n) is 6.23. The maximum absolute atomic E-state index is 12.6. The number of hydrogen-bond acceptors (Lipinski definition) is 5. The number of amides is 1. The molecule has 2 aliphatic rings. The molecule has 0 bridgehead atoms. The number of piperidine rings is 1. The molecule has 0 atom stereocenters. The number of carbonyl (C=O) groups is 1. The molecular formula is C16H19N3O2S. The maximum atomic E-state index is 12.6. The van der Waals surface area contributed by atoms with E-state index < -0.39 is 0 Å². The van der Waals surface area contributed by atoms with Crippen LogP contribution in [0, 0.1) is 5.41 Å². The van der Waals surface area contributed by atoms with Crippen molar-refractivity contribution in [2.24, 2.45) is 5.41 Å². The first kappa shape index (κ1) is 14.0. The van der Waals surface area contributed by atoms with Gasteiger partial charge in [-0.3, -0.25) is 4.79 Å². The van der Waals surface area contributed by atoms with Gasteiger partial charge in [-0.25, -0.2) is 4.98 Å². The van der Waals surface area contributed by atoms with Gasteiger partial charge in [-0.05, 0) is 43.4 Å². The Kier molecular flexibility index (Phi) is 3.50. The number of hydrogen-bond donors (Lipinski definition) is 1. The highest BCUT2D eigenvalue weighted by Gasteiger charge is 2.38. The fourth-order valence-corrected chi connectivity index (χ4v) is 4.30. The Labute approximate surface area is 133 Å². The van der Waals surface area contributed by atoms with Gasteiger partial charge in [-0.2, -0.15) is 0 Å². The van der Waals surface area contributed by atoms with Crippen molar-refractivity contribution in [3.63, 3.8) is 0 Å². The summed E-state index contributed by atoms with van der Waals surface area (Å²) in [4.78, 5) is 19.6. The van der Waals surface area contributed by atoms with Crippen molar-refractivity contribution in [2.75, 3.05) is 26.2 Å². The molecule has 0 aliphatic carbocycles. The van der Waals surface area contributed by atoms with Crippen LogP contribution in [0.4, 0.5) is 0 Å². The predicted molar refractivity (Wildman–Crippen MR) is 84.9 cm³/mol. The Morgan fingerprint density at radius 2 is 2.23 bits per heavy atom. The van der Waals surface area contributed by atoms with Gasteiger partial charge in [-0.15, -0.1) is 11.3 Å². The van der Waals surface area contributed by atoms with Crippen LogP contribution in [-0.4, -0.2) is 42.0 Å². The molecule has 2 aromatic heterocycles. The smallest absolute Gasteiger partial charge is 0.265 e. The second-order valence-corrected chi connectivity index (χ2v) is 7.26. The fraction of sp³-hybridized carbons (Fsp3) is 0.500. The molecule has 4 heterocycles. The Hall–Kier alpha value is -1.66. The van der Waals surface area contributed by atoms with Gasteiger partial charge in [0.1, 0.15) is 4.88 Å². The van der Waals surface area contributed by atoms with Crippen LogP contribution in [0.15, 0.2) is 29.0 Å². The lowest BCUT2D eigenvalue weighted by Gasteiger charge is -2.38. The molecule has 0 unspecified atom stereocenters. The van der Waals surface area contributed by atoms with E-state index in [2.05, 4.69) is 10.3 Å². The van der Waals surface area contributed by atoms with Crippen molar-refractivity contribution >= 4 is 17.2 Å². The Morgan fingerprint density at radius 3 is 2.91 bits per heavy atom. The minimum absolute atomic E-state index is 0.108. The lowest BCUT2D eigenvalue weighted by Crippen LogP contribution is -2.43. The highest BCUT2D eigenvalue weighted by atomic mass is 32.1. The SMILES string of the molecule is O=C(c1cnc(-c2ccco2)s1)N1CCC2(CCNC2)CC1. The predicted octanol–water partition coefficient (Wildman–Crippen LogP) is 2.62. The van der Waals surface area contributed by atoms with Gasteiger partial charge < -0.3 is 14.6 Å². The van der Waals surface area contributed by atoms with Crippen molar-refractivity contribution in [3.05, 3.63) is 29.5 Å². The molecule has 2 aliphatic heterocycles. The minimum Gasteiger partial charge on any atom is -0.462 e. The van der Waals surface area contributed by atoms with E-state index in [1.54, 1.807) is 12.5 Å². The molecule has 2 aromatic rings. The molecule has 4 rings (SSSR count). The molecule has 2 fully saturated rings. The third-order valence-electron chi connectivity index (χ3n) is 4.89. The van der Waals surface area contributed by atoms with Gasteiger partial charge in [-0.1, -0.05) is 0 Å². The van der Waals surface area contributed by atoms with Crippen molar-refractivity contribution in [1.29, 1.82) is 0 Å². The summed E-state index contributed by atoms with van der Waals surface area (Å²) in [5.41, 5.74) is 0.434. The van der Waals surface area contributed by atoms with E-state index in [0.717, 1.165) is 49.8 Å². The number of nitrogens with zero attached hydrogens (tertiary/aromatic N) is 2. The standard InChI is InChI=1S/C16H19N3O2S/c20-15(13-10-18-14(22-13)12-2-1-9-21-12)19-7-4-16(5-8-19)3-6-17-11-16/h1-2,9-10,17H,3-8,11H2. The lowest BCUT2D eigenvalue weighted by molar-refractivity contribution is 0.0612. The number of carbonyl (C=O) groups excluding carboxylic acids is 1. The van der Waals surface area contributed by atoms with Gasteiger partial charge >= 0.3 is 0 Å². The van der Waals surface area contributed by atoms with Crippen LogP contribution >= 0.6 is 11.3 Å². The molecule has 1 spiro atoms. The normalized spacial score (nSPS) is 20.6. The fourth-order valence-electron chi connectivity index (χ4n) is 3.45. The maximum Gasteiger partial charge on any atom is 0.265 e. The zero-order valence-corrected chi connectivity index (χ0v) is 13.2. The van der Waals surface area contributed by atoms with Gasteiger partial charge in [0, 0.05) is 19.6 Å². The zero-order valence-electron chi connectivity index (χ0n) is 12.4. The average Bonchev–Trinajstić information content (AvgIpc) is 3.29. The van der Waals surface area contributed by atoms with Crippen LogP contribution in [0.2, 0.25) is 0 Å². The second kappa shape index (κ2) is 5.52. The molecule has 0 aromatic carbocycles. The zero-order chi connectivity index (χ0) is 15.0. The number of rotatable bonds is 2. The van der Waals surface area contributed by atoms with Crippen LogP contribution in [-0.2, 0) is 0 Å². The van der Waals surface area contributed by atoms with Crippen LogP contribution in [0.5, 0.6) is 0 Å². The summed E-state index contributed by atoms with van der Waals surface area (Å²) < 4.78 is 5.34. The highest BCUT2D eigenvalue weighted by Crippen LogP contribution is 2.37. The van der Waals surface area contributed by atoms with E-state index in [4.69, 9.17) is 4.42 Å². The van der Waals surface area contributed by atoms with Crippen LogP contribution < -0.4 is 5.32 Å². The molecule has 1 amide bonds. The van der Waals surface area contributed by atoms with Crippen molar-refractivity contribution in [3.8, 4) is 10.8 Å². The summed E-state index contributed by atoms with van der Waals surface area (Å²) in [5.74, 6) is 0.829. The number of aromatic nitrogens is 1. The molecule has 6 heteroatoms. The van der Waals surface area contributed by atoms with E-state index in [1.807, 2.05) is 17.0 Å². The third kappa shape index (κ3) is 2.46. The number of likely N-dealkylation sites (tertiary alicyclic amines) is 1. The van der Waals surface area contributed by atoms with Crippen molar-refractivity contribution in [2.45, 2.75) is 19.3 Å². The van der Waals surface area contributed by atoms with E-state index in [0.29, 0.717) is 10.3 Å². The van der Waals surface area contributed by atoms with Gasteiger partial charge in [0.05, 0.1) is 12.5 Å². The number of thiazole rings is 1. The molecule has 0 radical (unpaired) electrons. The molecule has 22 heavy (non-hydrogen) atoms. The molecule has 5 nitrogen and oxygen atoms in total. The van der Waals surface area contributed by atoms with Crippen LogP contribution in [0.1, 0.15) is 28.9 Å². The highest BCUT2D eigenvalue weighted by molar-refractivity contribution is 7.16.